The Hall–Kier alpha value is -5.76. The molecule has 1 amide bonds. The number of aromatic nitrogens is 1. The van der Waals surface area contributed by atoms with Gasteiger partial charge in [0, 0.05) is 50.4 Å². The molecule has 0 aliphatic carbocycles. The van der Waals surface area contributed by atoms with Crippen molar-refractivity contribution in [3.05, 3.63) is 153 Å². The molecule has 0 bridgehead atoms. The van der Waals surface area contributed by atoms with Gasteiger partial charge < -0.3 is 19.1 Å². The van der Waals surface area contributed by atoms with Crippen LogP contribution in [0, 0.1) is 29.9 Å². The van der Waals surface area contributed by atoms with E-state index in [9.17, 15) is 13.6 Å². The standard InChI is InChI=1S/C41H35ClF2N4O4/c1-28-20-31(21-37(42)41(28)52-39-14-13-36(24-46-39)50-26-30-4-2-29(23-45)3-5-30)7-15-40(49)48-18-16-47(17-19-48)25-32-6-8-33(38(44)22-32)27-51-35-11-9-34(43)10-12-35/h2-15,20-22,24H,16-19,25-27H2,1H3. The number of aryl methyl sites for hydroxylation is 1. The number of rotatable bonds is 12. The molecule has 1 fully saturated rings. The predicted molar refractivity (Wildman–Crippen MR) is 194 cm³/mol. The van der Waals surface area contributed by atoms with Crippen molar-refractivity contribution in [1.82, 2.24) is 14.8 Å². The molecular formula is C41H35ClF2N4O4. The normalized spacial score (nSPS) is 13.2. The van der Waals surface area contributed by atoms with Gasteiger partial charge in [0.2, 0.25) is 11.8 Å². The van der Waals surface area contributed by atoms with Gasteiger partial charge in [-0.3, -0.25) is 9.69 Å². The lowest BCUT2D eigenvalue weighted by Crippen LogP contribution is -2.47. The number of carbonyl (C=O) groups excluding carboxylic acids is 1. The smallest absolute Gasteiger partial charge is 0.246 e. The van der Waals surface area contributed by atoms with Gasteiger partial charge in [0.15, 0.2) is 5.75 Å². The number of pyridine rings is 1. The summed E-state index contributed by atoms with van der Waals surface area (Å²) in [5.74, 6) is 1.03. The van der Waals surface area contributed by atoms with Crippen LogP contribution in [0.5, 0.6) is 23.1 Å². The van der Waals surface area contributed by atoms with Crippen molar-refractivity contribution in [2.45, 2.75) is 26.7 Å². The Morgan fingerprint density at radius 3 is 2.27 bits per heavy atom. The van der Waals surface area contributed by atoms with Crippen LogP contribution in [0.1, 0.15) is 33.4 Å². The van der Waals surface area contributed by atoms with Gasteiger partial charge in [0.25, 0.3) is 0 Å². The second kappa shape index (κ2) is 17.0. The first-order chi connectivity index (χ1) is 25.2. The Balaban J connectivity index is 0.956. The molecule has 0 N–H and O–H groups in total. The van der Waals surface area contributed by atoms with Gasteiger partial charge in [-0.1, -0.05) is 35.9 Å². The van der Waals surface area contributed by atoms with Gasteiger partial charge in [-0.15, -0.1) is 0 Å². The van der Waals surface area contributed by atoms with Gasteiger partial charge >= 0.3 is 0 Å². The van der Waals surface area contributed by atoms with Gasteiger partial charge in [-0.2, -0.15) is 5.26 Å². The molecule has 1 aliphatic rings. The molecule has 6 rings (SSSR count). The van der Waals surface area contributed by atoms with Crippen LogP contribution in [0.3, 0.4) is 0 Å². The van der Waals surface area contributed by atoms with Gasteiger partial charge in [-0.25, -0.2) is 13.8 Å². The topological polar surface area (TPSA) is 87.9 Å². The Labute approximate surface area is 306 Å². The Morgan fingerprint density at radius 2 is 1.60 bits per heavy atom. The minimum Gasteiger partial charge on any atom is -0.489 e. The highest BCUT2D eigenvalue weighted by molar-refractivity contribution is 6.32. The van der Waals surface area contributed by atoms with Crippen molar-refractivity contribution in [3.8, 4) is 29.2 Å². The van der Waals surface area contributed by atoms with E-state index >= 15 is 0 Å². The van der Waals surface area contributed by atoms with E-state index in [1.54, 1.807) is 59.6 Å². The largest absolute Gasteiger partial charge is 0.489 e. The highest BCUT2D eigenvalue weighted by Gasteiger charge is 2.20. The van der Waals surface area contributed by atoms with Gasteiger partial charge in [0.05, 0.1) is 22.9 Å². The first-order valence-corrected chi connectivity index (χ1v) is 17.0. The molecule has 0 unspecified atom stereocenters. The number of nitrogens with zero attached hydrogens (tertiary/aromatic N) is 4. The van der Waals surface area contributed by atoms with E-state index in [0.29, 0.717) is 78.6 Å². The molecule has 4 aromatic carbocycles. The fourth-order valence-electron chi connectivity index (χ4n) is 5.60. The molecule has 0 atom stereocenters. The monoisotopic (exact) mass is 720 g/mol. The first-order valence-electron chi connectivity index (χ1n) is 16.6. The molecule has 5 aromatic rings. The molecule has 11 heteroatoms. The molecule has 1 saturated heterocycles. The third-order valence-electron chi connectivity index (χ3n) is 8.49. The van der Waals surface area contributed by atoms with Crippen LogP contribution in [-0.4, -0.2) is 46.9 Å². The molecule has 0 radical (unpaired) electrons. The van der Waals surface area contributed by atoms with Crippen molar-refractivity contribution >= 4 is 23.6 Å². The molecular weight excluding hydrogens is 686 g/mol. The number of benzene rings is 4. The zero-order valence-electron chi connectivity index (χ0n) is 28.4. The van der Waals surface area contributed by atoms with E-state index in [1.807, 2.05) is 31.2 Å². The number of nitriles is 1. The minimum atomic E-state index is -0.359. The van der Waals surface area contributed by atoms with E-state index in [4.69, 9.17) is 31.1 Å². The van der Waals surface area contributed by atoms with E-state index in [2.05, 4.69) is 16.0 Å². The summed E-state index contributed by atoms with van der Waals surface area (Å²) in [4.78, 5) is 21.3. The van der Waals surface area contributed by atoms with Gasteiger partial charge in [-0.05, 0) is 95.9 Å². The number of halogens is 3. The van der Waals surface area contributed by atoms with Crippen LogP contribution in [0.2, 0.25) is 5.02 Å². The second-order valence-corrected chi connectivity index (χ2v) is 12.7. The number of amides is 1. The lowest BCUT2D eigenvalue weighted by atomic mass is 10.1. The Morgan fingerprint density at radius 1 is 0.885 bits per heavy atom. The van der Waals surface area contributed by atoms with Crippen LogP contribution >= 0.6 is 11.6 Å². The highest BCUT2D eigenvalue weighted by Crippen LogP contribution is 2.34. The summed E-state index contributed by atoms with van der Waals surface area (Å²) in [5.41, 5.74) is 4.31. The van der Waals surface area contributed by atoms with E-state index < -0.39 is 0 Å². The summed E-state index contributed by atoms with van der Waals surface area (Å²) in [5, 5.41) is 9.33. The second-order valence-electron chi connectivity index (χ2n) is 12.3. The third kappa shape index (κ3) is 9.72. The predicted octanol–water partition coefficient (Wildman–Crippen LogP) is 8.50. The summed E-state index contributed by atoms with van der Waals surface area (Å²) in [6, 6.07) is 27.0. The van der Waals surface area contributed by atoms with Gasteiger partial charge in [0.1, 0.15) is 36.3 Å². The fourth-order valence-corrected chi connectivity index (χ4v) is 5.91. The minimum absolute atomic E-state index is 0.0438. The summed E-state index contributed by atoms with van der Waals surface area (Å²) in [7, 11) is 0. The summed E-state index contributed by atoms with van der Waals surface area (Å²) >= 11 is 6.59. The fraction of sp³-hybridized carbons (Fsp3) is 0.195. The van der Waals surface area contributed by atoms with Crippen molar-refractivity contribution < 1.29 is 27.8 Å². The van der Waals surface area contributed by atoms with E-state index in [0.717, 1.165) is 22.3 Å². The number of ether oxygens (including phenoxy) is 3. The Bertz CT molecular complexity index is 2050. The van der Waals surface area contributed by atoms with Crippen LogP contribution < -0.4 is 14.2 Å². The SMILES string of the molecule is Cc1cc(C=CC(=O)N2CCN(Cc3ccc(COc4ccc(F)cc4)c(F)c3)CC2)cc(Cl)c1Oc1ccc(OCc2ccc(C#N)cc2)cn1. The zero-order valence-corrected chi connectivity index (χ0v) is 29.2. The number of carbonyl (C=O) groups is 1. The zero-order chi connectivity index (χ0) is 36.5. The first kappa shape index (κ1) is 36.0. The number of hydrogen-bond donors (Lipinski definition) is 0. The maximum Gasteiger partial charge on any atom is 0.246 e. The van der Waals surface area contributed by atoms with Crippen molar-refractivity contribution in [3.63, 3.8) is 0 Å². The maximum absolute atomic E-state index is 14.8. The highest BCUT2D eigenvalue weighted by atomic mass is 35.5. The third-order valence-corrected chi connectivity index (χ3v) is 8.77. The number of piperazine rings is 1. The summed E-state index contributed by atoms with van der Waals surface area (Å²) in [6.45, 7) is 5.23. The molecule has 1 aromatic heterocycles. The average molecular weight is 721 g/mol. The van der Waals surface area contributed by atoms with E-state index in [1.165, 1.54) is 30.3 Å². The van der Waals surface area contributed by atoms with Crippen LogP contribution in [-0.2, 0) is 24.6 Å². The van der Waals surface area contributed by atoms with E-state index in [-0.39, 0.29) is 24.1 Å². The molecule has 0 spiro atoms. The average Bonchev–Trinajstić information content (AvgIpc) is 3.16. The molecule has 0 saturated carbocycles. The van der Waals surface area contributed by atoms with Crippen molar-refractivity contribution in [2.24, 2.45) is 0 Å². The molecule has 8 nitrogen and oxygen atoms in total. The lowest BCUT2D eigenvalue weighted by molar-refractivity contribution is -0.127. The molecule has 52 heavy (non-hydrogen) atoms. The molecule has 1 aliphatic heterocycles. The quantitative estimate of drug-likeness (QED) is 0.120. The summed E-state index contributed by atoms with van der Waals surface area (Å²) < 4.78 is 45.2. The van der Waals surface area contributed by atoms with Crippen LogP contribution in [0.25, 0.3) is 6.08 Å². The van der Waals surface area contributed by atoms with Crippen molar-refractivity contribution in [1.29, 1.82) is 5.26 Å². The van der Waals surface area contributed by atoms with Crippen LogP contribution in [0.4, 0.5) is 8.78 Å². The van der Waals surface area contributed by atoms with Crippen LogP contribution in [0.15, 0.2) is 103 Å². The van der Waals surface area contributed by atoms with Crippen molar-refractivity contribution in [2.75, 3.05) is 26.2 Å². The molecule has 264 valence electrons. The summed E-state index contributed by atoms with van der Waals surface area (Å²) in [6.07, 6.45) is 4.85. The number of hydrogen-bond acceptors (Lipinski definition) is 7. The lowest BCUT2D eigenvalue weighted by Gasteiger charge is -2.34. The molecule has 2 heterocycles. The maximum atomic E-state index is 14.8. The Kier molecular flexibility index (Phi) is 11.8.